The molecule has 0 amide bonds. The molecule has 106 valence electrons. The average molecular weight is 275 g/mol. The van der Waals surface area contributed by atoms with E-state index in [2.05, 4.69) is 10.1 Å². The van der Waals surface area contributed by atoms with Crippen LogP contribution in [0, 0.1) is 6.92 Å². The van der Waals surface area contributed by atoms with Crippen LogP contribution in [0.4, 0.5) is 0 Å². The van der Waals surface area contributed by atoms with Crippen molar-refractivity contribution in [2.45, 2.75) is 18.9 Å². The van der Waals surface area contributed by atoms with Crippen LogP contribution in [-0.4, -0.2) is 30.5 Å². The highest BCUT2D eigenvalue weighted by molar-refractivity contribution is 5.64. The lowest BCUT2D eigenvalue weighted by Crippen LogP contribution is -2.37. The fraction of sp³-hybridized carbons (Fsp3) is 0.429. The summed E-state index contributed by atoms with van der Waals surface area (Å²) in [5.41, 5.74) is 7.43. The number of hydrogen-bond acceptors (Lipinski definition) is 6. The highest BCUT2D eigenvalue weighted by Gasteiger charge is 2.38. The van der Waals surface area contributed by atoms with Gasteiger partial charge in [-0.05, 0) is 31.0 Å². The van der Waals surface area contributed by atoms with Gasteiger partial charge in [-0.1, -0.05) is 11.2 Å². The molecule has 1 aliphatic rings. The summed E-state index contributed by atoms with van der Waals surface area (Å²) in [6.45, 7) is 3.01. The van der Waals surface area contributed by atoms with Gasteiger partial charge in [0, 0.05) is 6.61 Å². The Bertz CT molecular complexity index is 618. The monoisotopic (exact) mass is 275 g/mol. The highest BCUT2D eigenvalue weighted by atomic mass is 16.5. The molecule has 0 saturated carbocycles. The quantitative estimate of drug-likeness (QED) is 0.916. The molecule has 1 aliphatic heterocycles. The van der Waals surface area contributed by atoms with Gasteiger partial charge in [0.15, 0.2) is 0 Å². The van der Waals surface area contributed by atoms with Crippen molar-refractivity contribution >= 4 is 0 Å². The van der Waals surface area contributed by atoms with E-state index >= 15 is 0 Å². The Morgan fingerprint density at radius 2 is 2.25 bits per heavy atom. The van der Waals surface area contributed by atoms with Gasteiger partial charge in [-0.25, -0.2) is 0 Å². The van der Waals surface area contributed by atoms with Crippen molar-refractivity contribution < 1.29 is 14.0 Å². The third kappa shape index (κ3) is 2.17. The second kappa shape index (κ2) is 4.88. The molecule has 0 bridgehead atoms. The molecule has 0 radical (unpaired) electrons. The van der Waals surface area contributed by atoms with Gasteiger partial charge in [0.1, 0.15) is 11.3 Å². The molecule has 0 aliphatic carbocycles. The summed E-state index contributed by atoms with van der Waals surface area (Å²) in [5, 5.41) is 4.01. The summed E-state index contributed by atoms with van der Waals surface area (Å²) >= 11 is 0. The van der Waals surface area contributed by atoms with Gasteiger partial charge in [0.05, 0.1) is 19.3 Å². The summed E-state index contributed by atoms with van der Waals surface area (Å²) in [7, 11) is 1.62. The average Bonchev–Trinajstić information content (AvgIpc) is 3.08. The zero-order valence-corrected chi connectivity index (χ0v) is 11.5. The summed E-state index contributed by atoms with van der Waals surface area (Å²) in [6, 6.07) is 5.82. The smallest absolute Gasteiger partial charge is 0.249 e. The minimum atomic E-state index is -0.677. The number of methoxy groups -OCH3 is 1. The molecular formula is C14H17N3O3. The number of aryl methyl sites for hydroxylation is 1. The van der Waals surface area contributed by atoms with Crippen LogP contribution in [0.5, 0.6) is 5.75 Å². The fourth-order valence-corrected chi connectivity index (χ4v) is 2.27. The molecule has 2 heterocycles. The second-order valence-corrected chi connectivity index (χ2v) is 5.09. The second-order valence-electron chi connectivity index (χ2n) is 5.09. The largest absolute Gasteiger partial charge is 0.496 e. The van der Waals surface area contributed by atoms with Crippen LogP contribution in [0.3, 0.4) is 0 Å². The number of hydrogen-bond donors (Lipinski definition) is 1. The first-order valence-corrected chi connectivity index (χ1v) is 6.48. The Hall–Kier alpha value is -1.92. The summed E-state index contributed by atoms with van der Waals surface area (Å²) < 4.78 is 16.0. The summed E-state index contributed by atoms with van der Waals surface area (Å²) in [4.78, 5) is 4.41. The molecule has 1 aromatic heterocycles. The number of aromatic nitrogens is 2. The van der Waals surface area contributed by atoms with E-state index in [1.165, 1.54) is 0 Å². The zero-order chi connectivity index (χ0) is 14.2. The lowest BCUT2D eigenvalue weighted by Gasteiger charge is -2.15. The van der Waals surface area contributed by atoms with Crippen LogP contribution >= 0.6 is 0 Å². The number of benzene rings is 1. The van der Waals surface area contributed by atoms with Crippen LogP contribution in [-0.2, 0) is 10.3 Å². The molecule has 0 spiro atoms. The molecule has 6 heteroatoms. The predicted molar refractivity (Wildman–Crippen MR) is 72.3 cm³/mol. The molecule has 6 nitrogen and oxygen atoms in total. The van der Waals surface area contributed by atoms with Gasteiger partial charge in [-0.2, -0.15) is 4.98 Å². The van der Waals surface area contributed by atoms with Crippen molar-refractivity contribution in [3.05, 3.63) is 29.7 Å². The molecule has 1 saturated heterocycles. The maximum Gasteiger partial charge on any atom is 0.249 e. The van der Waals surface area contributed by atoms with Crippen LogP contribution in [0.25, 0.3) is 11.4 Å². The van der Waals surface area contributed by atoms with Crippen LogP contribution in [0.15, 0.2) is 22.7 Å². The van der Waals surface area contributed by atoms with Gasteiger partial charge in [0.25, 0.3) is 0 Å². The molecular weight excluding hydrogens is 258 g/mol. The Morgan fingerprint density at radius 1 is 1.40 bits per heavy atom. The van der Waals surface area contributed by atoms with E-state index in [1.54, 1.807) is 7.11 Å². The summed E-state index contributed by atoms with van der Waals surface area (Å²) in [5.74, 6) is 1.60. The zero-order valence-electron chi connectivity index (χ0n) is 11.5. The maximum atomic E-state index is 6.21. The number of nitrogens with zero attached hydrogens (tertiary/aromatic N) is 2. The van der Waals surface area contributed by atoms with E-state index in [0.29, 0.717) is 37.1 Å². The molecule has 2 N–H and O–H groups in total. The maximum absolute atomic E-state index is 6.21. The van der Waals surface area contributed by atoms with Crippen molar-refractivity contribution in [2.75, 3.05) is 20.3 Å². The van der Waals surface area contributed by atoms with Crippen molar-refractivity contribution in [2.24, 2.45) is 5.73 Å². The van der Waals surface area contributed by atoms with Crippen LogP contribution in [0.2, 0.25) is 0 Å². The number of nitrogens with two attached hydrogens (primary N) is 1. The minimum absolute atomic E-state index is 0.402. The Kier molecular flexibility index (Phi) is 3.19. The van der Waals surface area contributed by atoms with Gasteiger partial charge >= 0.3 is 0 Å². The lowest BCUT2D eigenvalue weighted by atomic mass is 10.0. The Labute approximate surface area is 116 Å². The fourth-order valence-electron chi connectivity index (χ4n) is 2.27. The van der Waals surface area contributed by atoms with Crippen molar-refractivity contribution in [3.8, 4) is 17.1 Å². The Morgan fingerprint density at radius 3 is 2.95 bits per heavy atom. The first kappa shape index (κ1) is 13.1. The van der Waals surface area contributed by atoms with E-state index in [4.69, 9.17) is 19.7 Å². The standard InChI is InChI=1S/C14H17N3O3/c1-9-3-4-10(11(7-9)18-2)12-16-13(20-17-12)14(15)5-6-19-8-14/h3-4,7H,5-6,8,15H2,1-2H3. The van der Waals surface area contributed by atoms with Crippen molar-refractivity contribution in [1.82, 2.24) is 10.1 Å². The predicted octanol–water partition coefficient (Wildman–Crippen LogP) is 1.63. The van der Waals surface area contributed by atoms with E-state index in [-0.39, 0.29) is 0 Å². The minimum Gasteiger partial charge on any atom is -0.496 e. The van der Waals surface area contributed by atoms with Gasteiger partial charge in [-0.15, -0.1) is 0 Å². The first-order chi connectivity index (χ1) is 9.62. The van der Waals surface area contributed by atoms with Gasteiger partial charge < -0.3 is 19.7 Å². The molecule has 1 fully saturated rings. The van der Waals surface area contributed by atoms with E-state index < -0.39 is 5.54 Å². The molecule has 1 atom stereocenters. The SMILES string of the molecule is COc1cc(C)ccc1-c1noc(C2(N)CCOC2)n1. The topological polar surface area (TPSA) is 83.4 Å². The molecule has 2 aromatic rings. The van der Waals surface area contributed by atoms with E-state index in [9.17, 15) is 0 Å². The van der Waals surface area contributed by atoms with E-state index in [1.807, 2.05) is 25.1 Å². The molecule has 3 rings (SSSR count). The van der Waals surface area contributed by atoms with Crippen LogP contribution < -0.4 is 10.5 Å². The molecule has 1 aromatic carbocycles. The number of rotatable bonds is 3. The van der Waals surface area contributed by atoms with Gasteiger partial charge in [0.2, 0.25) is 11.7 Å². The third-order valence-corrected chi connectivity index (χ3v) is 3.50. The van der Waals surface area contributed by atoms with Gasteiger partial charge in [-0.3, -0.25) is 0 Å². The molecule has 20 heavy (non-hydrogen) atoms. The van der Waals surface area contributed by atoms with Crippen LogP contribution in [0.1, 0.15) is 17.9 Å². The molecule has 1 unspecified atom stereocenters. The number of ether oxygens (including phenoxy) is 2. The third-order valence-electron chi connectivity index (χ3n) is 3.50. The van der Waals surface area contributed by atoms with Crippen molar-refractivity contribution in [3.63, 3.8) is 0 Å². The highest BCUT2D eigenvalue weighted by Crippen LogP contribution is 2.32. The Balaban J connectivity index is 1.98. The van der Waals surface area contributed by atoms with E-state index in [0.717, 1.165) is 11.1 Å². The normalized spacial score (nSPS) is 22.1. The lowest BCUT2D eigenvalue weighted by molar-refractivity contribution is 0.166. The van der Waals surface area contributed by atoms with Crippen molar-refractivity contribution in [1.29, 1.82) is 0 Å². The summed E-state index contributed by atoms with van der Waals surface area (Å²) in [6.07, 6.45) is 0.680. The first-order valence-electron chi connectivity index (χ1n) is 6.48.